The van der Waals surface area contributed by atoms with Gasteiger partial charge in [-0.1, -0.05) is 6.92 Å². The molecule has 0 bridgehead atoms. The van der Waals surface area contributed by atoms with Crippen molar-refractivity contribution in [2.45, 2.75) is 26.7 Å². The molecule has 2 rings (SSSR count). The third kappa shape index (κ3) is 3.20. The number of carbonyl (C=O) groups is 2. The van der Waals surface area contributed by atoms with Crippen molar-refractivity contribution in [1.82, 2.24) is 0 Å². The number of carboxylic acid groups (broad SMARTS) is 1. The first-order valence-electron chi connectivity index (χ1n) is 6.79. The van der Waals surface area contributed by atoms with Gasteiger partial charge in [0.25, 0.3) is 0 Å². The first-order chi connectivity index (χ1) is 9.79. The van der Waals surface area contributed by atoms with Crippen LogP contribution in [0.2, 0.25) is 0 Å². The van der Waals surface area contributed by atoms with Crippen LogP contribution < -0.4 is 5.32 Å². The average Bonchev–Trinajstić information content (AvgIpc) is 2.78. The van der Waals surface area contributed by atoms with Crippen LogP contribution in [0, 0.1) is 36.3 Å². The first kappa shape index (κ1) is 15.4. The molecule has 114 valence electrons. The van der Waals surface area contributed by atoms with E-state index in [4.69, 9.17) is 5.11 Å². The lowest BCUT2D eigenvalue weighted by molar-refractivity contribution is -0.145. The number of hydrogen-bond acceptors (Lipinski definition) is 2. The molecule has 21 heavy (non-hydrogen) atoms. The van der Waals surface area contributed by atoms with Gasteiger partial charge in [0.05, 0.1) is 17.5 Å². The summed E-state index contributed by atoms with van der Waals surface area (Å²) in [4.78, 5) is 23.3. The molecular weight excluding hydrogens is 280 g/mol. The van der Waals surface area contributed by atoms with Crippen molar-refractivity contribution >= 4 is 17.6 Å². The molecule has 2 N–H and O–H groups in total. The highest BCUT2D eigenvalue weighted by Gasteiger charge is 2.41. The number of anilines is 1. The average molecular weight is 297 g/mol. The van der Waals surface area contributed by atoms with Crippen LogP contribution in [0.3, 0.4) is 0 Å². The second-order valence-corrected chi connectivity index (χ2v) is 5.70. The van der Waals surface area contributed by atoms with Crippen molar-refractivity contribution < 1.29 is 23.5 Å². The van der Waals surface area contributed by atoms with E-state index in [1.807, 2.05) is 6.92 Å². The summed E-state index contributed by atoms with van der Waals surface area (Å²) in [5.74, 6) is -4.36. The van der Waals surface area contributed by atoms with Crippen LogP contribution in [0.4, 0.5) is 14.5 Å². The molecule has 1 amide bonds. The molecular formula is C15H17F2NO3. The lowest BCUT2D eigenvalue weighted by Gasteiger charge is -2.16. The third-order valence-electron chi connectivity index (χ3n) is 3.96. The number of benzene rings is 1. The highest BCUT2D eigenvalue weighted by molar-refractivity contribution is 5.95. The van der Waals surface area contributed by atoms with Gasteiger partial charge in [0.1, 0.15) is 11.6 Å². The molecule has 0 spiro atoms. The largest absolute Gasteiger partial charge is 0.481 e. The van der Waals surface area contributed by atoms with Crippen LogP contribution >= 0.6 is 0 Å². The number of carbonyl (C=O) groups excluding carboxylic acids is 1. The third-order valence-corrected chi connectivity index (χ3v) is 3.96. The Morgan fingerprint density at radius 1 is 1.19 bits per heavy atom. The topological polar surface area (TPSA) is 66.4 Å². The van der Waals surface area contributed by atoms with E-state index >= 15 is 0 Å². The van der Waals surface area contributed by atoms with Crippen molar-refractivity contribution in [2.24, 2.45) is 17.8 Å². The first-order valence-corrected chi connectivity index (χ1v) is 6.79. The lowest BCUT2D eigenvalue weighted by atomic mass is 9.95. The number of aliphatic carboxylic acids is 1. The summed E-state index contributed by atoms with van der Waals surface area (Å²) in [5, 5.41) is 11.4. The maximum absolute atomic E-state index is 13.7. The van der Waals surface area contributed by atoms with Crippen LogP contribution in [0.5, 0.6) is 0 Å². The molecule has 0 saturated heterocycles. The zero-order chi connectivity index (χ0) is 15.7. The Kier molecular flexibility index (Phi) is 4.25. The Labute approximate surface area is 121 Å². The van der Waals surface area contributed by atoms with Crippen LogP contribution in [-0.4, -0.2) is 17.0 Å². The normalized spacial score (nSPS) is 24.9. The van der Waals surface area contributed by atoms with Crippen LogP contribution in [0.15, 0.2) is 12.1 Å². The van der Waals surface area contributed by atoms with Gasteiger partial charge >= 0.3 is 5.97 Å². The van der Waals surface area contributed by atoms with Crippen LogP contribution in [0.25, 0.3) is 0 Å². The molecule has 0 aromatic heterocycles. The second kappa shape index (κ2) is 5.79. The quantitative estimate of drug-likeness (QED) is 0.901. The summed E-state index contributed by atoms with van der Waals surface area (Å²) < 4.78 is 27.2. The highest BCUT2D eigenvalue weighted by Crippen LogP contribution is 2.37. The van der Waals surface area contributed by atoms with Gasteiger partial charge in [-0.3, -0.25) is 9.59 Å². The van der Waals surface area contributed by atoms with Gasteiger partial charge in [0.15, 0.2) is 0 Å². The maximum Gasteiger partial charge on any atom is 0.307 e. The second-order valence-electron chi connectivity index (χ2n) is 5.70. The smallest absolute Gasteiger partial charge is 0.307 e. The molecule has 1 unspecified atom stereocenters. The van der Waals surface area contributed by atoms with E-state index in [0.29, 0.717) is 12.8 Å². The van der Waals surface area contributed by atoms with Crippen molar-refractivity contribution in [3.05, 3.63) is 29.3 Å². The molecule has 1 aliphatic rings. The number of nitrogens with one attached hydrogen (secondary N) is 1. The minimum atomic E-state index is -1.03. The Bertz CT molecular complexity index is 589. The molecule has 0 heterocycles. The van der Waals surface area contributed by atoms with Gasteiger partial charge < -0.3 is 10.4 Å². The van der Waals surface area contributed by atoms with Gasteiger partial charge in [-0.05, 0) is 37.3 Å². The summed E-state index contributed by atoms with van der Waals surface area (Å²) in [6.07, 6.45) is 0.844. The fourth-order valence-electron chi connectivity index (χ4n) is 2.82. The Balaban J connectivity index is 2.18. The van der Waals surface area contributed by atoms with Crippen LogP contribution in [-0.2, 0) is 9.59 Å². The highest BCUT2D eigenvalue weighted by atomic mass is 19.1. The summed E-state index contributed by atoms with van der Waals surface area (Å²) in [7, 11) is 0. The van der Waals surface area contributed by atoms with Crippen molar-refractivity contribution in [2.75, 3.05) is 5.32 Å². The summed E-state index contributed by atoms with van der Waals surface area (Å²) in [6.45, 7) is 3.29. The molecule has 0 radical (unpaired) electrons. The molecule has 1 aromatic carbocycles. The molecule has 1 fully saturated rings. The molecule has 1 aliphatic carbocycles. The summed E-state index contributed by atoms with van der Waals surface area (Å²) in [6, 6.07) is 1.91. The zero-order valence-corrected chi connectivity index (χ0v) is 11.8. The standard InChI is InChI=1S/C15H17F2NO3/c1-7-3-9(10(4-7)15(20)21)14(19)18-13-6-11(16)8(2)5-12(13)17/h5-7,9-10H,3-4H2,1-2H3,(H,18,19)(H,20,21)/t7?,9-,10+/m0/s1. The van der Waals surface area contributed by atoms with Gasteiger partial charge in [-0.2, -0.15) is 0 Å². The van der Waals surface area contributed by atoms with E-state index < -0.39 is 35.3 Å². The van der Waals surface area contributed by atoms with E-state index in [2.05, 4.69) is 5.32 Å². The number of hydrogen-bond donors (Lipinski definition) is 2. The fourth-order valence-corrected chi connectivity index (χ4v) is 2.82. The van der Waals surface area contributed by atoms with E-state index in [0.717, 1.165) is 12.1 Å². The van der Waals surface area contributed by atoms with Gasteiger partial charge in [0, 0.05) is 6.07 Å². The van der Waals surface area contributed by atoms with E-state index in [-0.39, 0.29) is 17.2 Å². The van der Waals surface area contributed by atoms with Gasteiger partial charge in [-0.15, -0.1) is 0 Å². The fraction of sp³-hybridized carbons (Fsp3) is 0.467. The molecule has 4 nitrogen and oxygen atoms in total. The Morgan fingerprint density at radius 2 is 1.81 bits per heavy atom. The molecule has 1 saturated carbocycles. The predicted molar refractivity (Wildman–Crippen MR) is 72.7 cm³/mol. The Hall–Kier alpha value is -1.98. The van der Waals surface area contributed by atoms with E-state index in [1.54, 1.807) is 0 Å². The minimum absolute atomic E-state index is 0.112. The lowest BCUT2D eigenvalue weighted by Crippen LogP contribution is -2.30. The molecule has 6 heteroatoms. The number of halogens is 2. The predicted octanol–water partition coefficient (Wildman–Crippen LogP) is 2.96. The molecule has 0 aliphatic heterocycles. The monoisotopic (exact) mass is 297 g/mol. The number of amides is 1. The van der Waals surface area contributed by atoms with E-state index in [9.17, 15) is 18.4 Å². The molecule has 1 aromatic rings. The zero-order valence-electron chi connectivity index (χ0n) is 11.8. The van der Waals surface area contributed by atoms with Crippen LogP contribution in [0.1, 0.15) is 25.3 Å². The SMILES string of the molecule is Cc1cc(F)c(NC(=O)[C@H]2CC(C)C[C@H]2C(=O)O)cc1F. The number of carboxylic acids is 1. The summed E-state index contributed by atoms with van der Waals surface area (Å²) >= 11 is 0. The minimum Gasteiger partial charge on any atom is -0.481 e. The van der Waals surface area contributed by atoms with Crippen molar-refractivity contribution in [1.29, 1.82) is 0 Å². The van der Waals surface area contributed by atoms with Crippen molar-refractivity contribution in [3.8, 4) is 0 Å². The number of rotatable bonds is 3. The molecule has 3 atom stereocenters. The maximum atomic E-state index is 13.7. The van der Waals surface area contributed by atoms with Gasteiger partial charge in [0.2, 0.25) is 5.91 Å². The van der Waals surface area contributed by atoms with Gasteiger partial charge in [-0.25, -0.2) is 8.78 Å². The Morgan fingerprint density at radius 3 is 2.43 bits per heavy atom. The van der Waals surface area contributed by atoms with E-state index in [1.165, 1.54) is 6.92 Å². The summed E-state index contributed by atoms with van der Waals surface area (Å²) in [5.41, 5.74) is -0.116. The number of aryl methyl sites for hydroxylation is 1. The van der Waals surface area contributed by atoms with Crippen molar-refractivity contribution in [3.63, 3.8) is 0 Å².